The largest absolute Gasteiger partial charge is 0.481 e. The first-order valence-corrected chi connectivity index (χ1v) is 16.4. The number of carbonyl (C=O) groups excluding carboxylic acids is 2. The number of hydrogen-bond acceptors (Lipinski definition) is 11. The molecule has 2 heterocycles. The van der Waals surface area contributed by atoms with Crippen LogP contribution in [-0.4, -0.2) is 59.3 Å². The van der Waals surface area contributed by atoms with Gasteiger partial charge in [-0.25, -0.2) is 4.98 Å². The normalized spacial score (nSPS) is 20.2. The third-order valence-electron chi connectivity index (χ3n) is 7.33. The zero-order valence-corrected chi connectivity index (χ0v) is 28.4. The Morgan fingerprint density at radius 2 is 1.53 bits per heavy atom. The molecule has 0 radical (unpaired) electrons. The van der Waals surface area contributed by atoms with Gasteiger partial charge in [-0.3, -0.25) is 9.59 Å². The van der Waals surface area contributed by atoms with Crippen molar-refractivity contribution in [2.45, 2.75) is 48.9 Å². The smallest absolute Gasteiger partial charge is 0.261 e. The van der Waals surface area contributed by atoms with Crippen LogP contribution in [0.2, 0.25) is 0 Å². The van der Waals surface area contributed by atoms with Crippen LogP contribution in [0.25, 0.3) is 0 Å². The number of methoxy groups -OCH3 is 1. The van der Waals surface area contributed by atoms with E-state index in [9.17, 15) is 14.9 Å². The van der Waals surface area contributed by atoms with Crippen molar-refractivity contribution >= 4 is 68.5 Å². The molecule has 234 valence electrons. The number of amides is 2. The number of nitrogens with zero attached hydrogens (tertiary/aromatic N) is 4. The van der Waals surface area contributed by atoms with Crippen LogP contribution in [0.5, 0.6) is 17.4 Å². The lowest BCUT2D eigenvalue weighted by Crippen LogP contribution is -2.73. The second kappa shape index (κ2) is 15.1. The molecule has 1 saturated heterocycles. The van der Waals surface area contributed by atoms with Crippen LogP contribution >= 0.6 is 48.0 Å². The van der Waals surface area contributed by atoms with Crippen molar-refractivity contribution in [2.75, 3.05) is 14.2 Å². The van der Waals surface area contributed by atoms with E-state index in [-0.39, 0.29) is 21.6 Å². The summed E-state index contributed by atoms with van der Waals surface area (Å²) in [6.07, 6.45) is 2.01. The van der Waals surface area contributed by atoms with E-state index in [0.717, 1.165) is 23.5 Å². The molecular formula is C32H32N4O5S4. The summed E-state index contributed by atoms with van der Waals surface area (Å²) in [7, 11) is 3.07. The highest BCUT2D eigenvalue weighted by Crippen LogP contribution is 2.51. The molecule has 3 atom stereocenters. The van der Waals surface area contributed by atoms with Crippen LogP contribution in [0.15, 0.2) is 79.0 Å². The average molecular weight is 681 g/mol. The molecule has 3 aromatic rings. The molecule has 0 aliphatic carbocycles. The van der Waals surface area contributed by atoms with Gasteiger partial charge in [0.05, 0.1) is 19.2 Å². The number of thiocarbonyl (C=S) groups is 2. The molecule has 13 heteroatoms. The second-order valence-electron chi connectivity index (χ2n) is 10.1. The van der Waals surface area contributed by atoms with Gasteiger partial charge in [0.1, 0.15) is 11.5 Å². The molecule has 45 heavy (non-hydrogen) atoms. The number of carbonyl (C=O) groups is 2. The van der Waals surface area contributed by atoms with E-state index in [1.54, 1.807) is 67.5 Å². The van der Waals surface area contributed by atoms with Crippen LogP contribution < -0.4 is 14.2 Å². The number of hydrogen-bond donors (Lipinski definition) is 0. The van der Waals surface area contributed by atoms with Gasteiger partial charge in [0, 0.05) is 32.2 Å². The van der Waals surface area contributed by atoms with E-state index in [1.807, 2.05) is 37.3 Å². The number of pyridine rings is 1. The standard InChI is InChI=1S/C32H32N4O5S4/c1-5-25(22-17-18-26(39-4)34-21-22)36-27(37)31(2,44-29(42)40-23-13-8-6-9-14-23)35(3)28(38)32(36,19-12-20-33)45-30(43)41-24-15-10-7-11-16-24/h6-11,13-18,21,25H,5,12,19H2,1-4H3/t25?,31-,32?/m0/s1. The van der Waals surface area contributed by atoms with Gasteiger partial charge in [0.25, 0.3) is 11.8 Å². The summed E-state index contributed by atoms with van der Waals surface area (Å²) in [5.41, 5.74) is 0.677. The van der Waals surface area contributed by atoms with Crippen molar-refractivity contribution < 1.29 is 23.8 Å². The summed E-state index contributed by atoms with van der Waals surface area (Å²) in [6.45, 7) is 3.55. The van der Waals surface area contributed by atoms with Gasteiger partial charge in [-0.05, 0) is 91.1 Å². The maximum absolute atomic E-state index is 15.0. The Kier molecular flexibility index (Phi) is 11.4. The minimum atomic E-state index is -1.63. The minimum absolute atomic E-state index is 0.00678. The van der Waals surface area contributed by atoms with E-state index in [0.29, 0.717) is 29.4 Å². The molecule has 0 spiro atoms. The summed E-state index contributed by atoms with van der Waals surface area (Å²) in [6, 6.07) is 22.9. The predicted octanol–water partition coefficient (Wildman–Crippen LogP) is 6.75. The first-order chi connectivity index (χ1) is 21.6. The average Bonchev–Trinajstić information content (AvgIpc) is 3.05. The Bertz CT molecular complexity index is 1570. The number of benzene rings is 2. The fourth-order valence-electron chi connectivity index (χ4n) is 4.98. The first kappa shape index (κ1) is 34.2. The molecule has 1 aromatic heterocycles. The van der Waals surface area contributed by atoms with Gasteiger partial charge < -0.3 is 24.0 Å². The highest BCUT2D eigenvalue weighted by molar-refractivity contribution is 8.24. The maximum Gasteiger partial charge on any atom is 0.261 e. The number of nitriles is 1. The molecule has 2 unspecified atom stereocenters. The number of thioether (sulfide) groups is 2. The summed E-state index contributed by atoms with van der Waals surface area (Å²) >= 11 is 13.2. The molecule has 2 amide bonds. The predicted molar refractivity (Wildman–Crippen MR) is 184 cm³/mol. The zero-order valence-electron chi connectivity index (χ0n) is 25.2. The lowest BCUT2D eigenvalue weighted by Gasteiger charge is -2.56. The molecule has 9 nitrogen and oxygen atoms in total. The summed E-state index contributed by atoms with van der Waals surface area (Å²) in [5, 5.41) is 9.70. The monoisotopic (exact) mass is 680 g/mol. The fourth-order valence-corrected chi connectivity index (χ4v) is 8.09. The summed E-state index contributed by atoms with van der Waals surface area (Å²) in [4.78, 5) is 33.9. The first-order valence-electron chi connectivity index (χ1n) is 14.0. The number of aromatic nitrogens is 1. The van der Waals surface area contributed by atoms with E-state index >= 15 is 0 Å². The quantitative estimate of drug-likeness (QED) is 0.212. The van der Waals surface area contributed by atoms with Crippen molar-refractivity contribution in [2.24, 2.45) is 0 Å². The van der Waals surface area contributed by atoms with E-state index in [1.165, 1.54) is 12.0 Å². The lowest BCUT2D eigenvalue weighted by atomic mass is 9.94. The van der Waals surface area contributed by atoms with Gasteiger partial charge in [-0.15, -0.1) is 0 Å². The topological polar surface area (TPSA) is 105 Å². The highest BCUT2D eigenvalue weighted by atomic mass is 32.2. The highest BCUT2D eigenvalue weighted by Gasteiger charge is 2.63. The number of ether oxygens (including phenoxy) is 3. The SMILES string of the molecule is CCC(c1ccc(OC)nc1)N1C(=O)[C@](C)(SC(=S)Oc2ccccc2)N(C)C(=O)C1(CCC#N)SC(=S)Oc1ccccc1. The number of piperazine rings is 1. The fraction of sp³-hybridized carbons (Fsp3) is 0.312. The lowest BCUT2D eigenvalue weighted by molar-refractivity contribution is -0.167. The molecule has 0 N–H and O–H groups in total. The van der Waals surface area contributed by atoms with Crippen molar-refractivity contribution in [1.29, 1.82) is 5.26 Å². The van der Waals surface area contributed by atoms with Gasteiger partial charge in [-0.1, -0.05) is 49.4 Å². The molecule has 0 bridgehead atoms. The van der Waals surface area contributed by atoms with Crippen molar-refractivity contribution in [3.8, 4) is 23.4 Å². The zero-order chi connectivity index (χ0) is 32.6. The van der Waals surface area contributed by atoms with Gasteiger partial charge >= 0.3 is 0 Å². The van der Waals surface area contributed by atoms with Gasteiger partial charge in [-0.2, -0.15) is 5.26 Å². The van der Waals surface area contributed by atoms with Gasteiger partial charge in [0.2, 0.25) is 14.6 Å². The second-order valence-corrected chi connectivity index (χ2v) is 13.9. The van der Waals surface area contributed by atoms with Crippen LogP contribution in [0.1, 0.15) is 44.7 Å². The Labute approximate surface area is 282 Å². The number of rotatable bonds is 10. The minimum Gasteiger partial charge on any atom is -0.481 e. The third kappa shape index (κ3) is 7.41. The molecule has 1 aliphatic heterocycles. The molecule has 0 saturated carbocycles. The van der Waals surface area contributed by atoms with E-state index < -0.39 is 27.6 Å². The van der Waals surface area contributed by atoms with Crippen molar-refractivity contribution in [3.63, 3.8) is 0 Å². The van der Waals surface area contributed by atoms with Crippen LogP contribution in [0.4, 0.5) is 0 Å². The van der Waals surface area contributed by atoms with Crippen LogP contribution in [-0.2, 0) is 9.59 Å². The van der Waals surface area contributed by atoms with Crippen molar-refractivity contribution in [3.05, 3.63) is 84.6 Å². The summed E-state index contributed by atoms with van der Waals surface area (Å²) < 4.78 is 17.2. The van der Waals surface area contributed by atoms with Crippen LogP contribution in [0.3, 0.4) is 0 Å². The molecule has 2 aromatic carbocycles. The molecular weight excluding hydrogens is 649 g/mol. The van der Waals surface area contributed by atoms with E-state index in [2.05, 4.69) is 11.1 Å². The molecule has 4 rings (SSSR count). The Morgan fingerprint density at radius 1 is 0.956 bits per heavy atom. The van der Waals surface area contributed by atoms with E-state index in [4.69, 9.17) is 38.6 Å². The Morgan fingerprint density at radius 3 is 2.02 bits per heavy atom. The molecule has 1 fully saturated rings. The Balaban J connectivity index is 1.82. The summed E-state index contributed by atoms with van der Waals surface area (Å²) in [5.74, 6) is 0.546. The van der Waals surface area contributed by atoms with Crippen molar-refractivity contribution in [1.82, 2.24) is 14.8 Å². The molecule has 1 aliphatic rings. The Hall–Kier alpha value is -3.70. The van der Waals surface area contributed by atoms with Crippen LogP contribution in [0, 0.1) is 11.3 Å². The third-order valence-corrected chi connectivity index (χ3v) is 10.3. The number of likely N-dealkylation sites (N-methyl/N-ethyl adjacent to an activating group) is 1. The van der Waals surface area contributed by atoms with Gasteiger partial charge in [0.15, 0.2) is 9.74 Å². The number of para-hydroxylation sites is 2. The maximum atomic E-state index is 15.0.